The molecule has 0 aromatic heterocycles. The third kappa shape index (κ3) is 6.00. The van der Waals surface area contributed by atoms with Crippen molar-refractivity contribution in [3.63, 3.8) is 0 Å². The molecule has 3 rings (SSSR count). The summed E-state index contributed by atoms with van der Waals surface area (Å²) in [5, 5.41) is -0.459. The van der Waals surface area contributed by atoms with Crippen molar-refractivity contribution >= 4 is 46.7 Å². The zero-order chi connectivity index (χ0) is 21.7. The zero-order valence-corrected chi connectivity index (χ0v) is 18.7. The number of carbonyl (C=O) groups is 3. The normalized spacial score (nSPS) is 15.3. The van der Waals surface area contributed by atoms with Crippen molar-refractivity contribution in [2.24, 2.45) is 5.92 Å². The molecule has 1 heterocycles. The van der Waals surface area contributed by atoms with E-state index in [1.54, 1.807) is 17.8 Å². The number of aryl methyl sites for hydroxylation is 1. The van der Waals surface area contributed by atoms with Crippen LogP contribution in [0.1, 0.15) is 25.0 Å². The first-order valence-electron chi connectivity index (χ1n) is 9.57. The first-order chi connectivity index (χ1) is 14.3. The summed E-state index contributed by atoms with van der Waals surface area (Å²) in [5.41, 5.74) is 2.04. The third-order valence-electron chi connectivity index (χ3n) is 4.17. The summed E-state index contributed by atoms with van der Waals surface area (Å²) in [6.45, 7) is 5.79. The maximum absolute atomic E-state index is 12.5. The van der Waals surface area contributed by atoms with Gasteiger partial charge >= 0.3 is 5.97 Å². The highest BCUT2D eigenvalue weighted by molar-refractivity contribution is 8.18. The maximum atomic E-state index is 12.5. The molecule has 1 saturated heterocycles. The molecular formula is C23H23NO4S2. The van der Waals surface area contributed by atoms with E-state index in [1.165, 1.54) is 5.56 Å². The van der Waals surface area contributed by atoms with E-state index in [-0.39, 0.29) is 19.1 Å². The summed E-state index contributed by atoms with van der Waals surface area (Å²) in [6.07, 6.45) is 1.67. The van der Waals surface area contributed by atoms with Gasteiger partial charge in [0.2, 0.25) is 0 Å². The minimum absolute atomic E-state index is 0.191. The number of benzene rings is 2. The Balaban J connectivity index is 1.63. The molecule has 0 saturated carbocycles. The minimum Gasteiger partial charge on any atom is -0.464 e. The lowest BCUT2D eigenvalue weighted by Gasteiger charge is -2.12. The molecule has 5 nitrogen and oxygen atoms in total. The van der Waals surface area contributed by atoms with Gasteiger partial charge < -0.3 is 4.74 Å². The molecule has 7 heteroatoms. The largest absolute Gasteiger partial charge is 0.464 e. The predicted molar refractivity (Wildman–Crippen MR) is 120 cm³/mol. The van der Waals surface area contributed by atoms with E-state index in [0.29, 0.717) is 4.91 Å². The second-order valence-corrected chi connectivity index (χ2v) is 9.47. The van der Waals surface area contributed by atoms with Gasteiger partial charge in [-0.1, -0.05) is 55.4 Å². The highest BCUT2D eigenvalue weighted by atomic mass is 32.2. The Morgan fingerprint density at radius 1 is 1.07 bits per heavy atom. The number of amides is 2. The van der Waals surface area contributed by atoms with Crippen LogP contribution in [0.2, 0.25) is 0 Å². The monoisotopic (exact) mass is 441 g/mol. The van der Waals surface area contributed by atoms with E-state index in [2.05, 4.69) is 31.2 Å². The quantitative estimate of drug-likeness (QED) is 0.424. The summed E-state index contributed by atoms with van der Waals surface area (Å²) in [6, 6.07) is 16.1. The van der Waals surface area contributed by atoms with E-state index < -0.39 is 17.1 Å². The Labute approximate surface area is 184 Å². The standard InChI is InChI=1S/C23H23NO4S2/c1-15(2)14-28-21(25)13-24-22(26)20(30-23(24)27)12-17-6-10-19(11-7-17)29-18-8-4-16(3)5-9-18/h4-12,15H,13-14H2,1-3H3/b20-12-. The molecule has 0 radical (unpaired) electrons. The van der Waals surface area contributed by atoms with Crippen LogP contribution in [0.3, 0.4) is 0 Å². The Kier molecular flexibility index (Phi) is 7.39. The van der Waals surface area contributed by atoms with Crippen LogP contribution in [0.4, 0.5) is 4.79 Å². The highest BCUT2D eigenvalue weighted by Gasteiger charge is 2.36. The summed E-state index contributed by atoms with van der Waals surface area (Å²) in [7, 11) is 0. The smallest absolute Gasteiger partial charge is 0.326 e. The van der Waals surface area contributed by atoms with Gasteiger partial charge in [-0.15, -0.1) is 0 Å². The SMILES string of the molecule is Cc1ccc(Sc2ccc(/C=C3\SC(=O)N(CC(=O)OCC(C)C)C3=O)cc2)cc1. The fourth-order valence-corrected chi connectivity index (χ4v) is 4.25. The molecule has 0 bridgehead atoms. The number of thioether (sulfide) groups is 1. The summed E-state index contributed by atoms with van der Waals surface area (Å²) >= 11 is 2.49. The number of carbonyl (C=O) groups excluding carboxylic acids is 3. The van der Waals surface area contributed by atoms with Crippen molar-refractivity contribution in [1.82, 2.24) is 4.90 Å². The number of rotatable bonds is 7. The van der Waals surface area contributed by atoms with Gasteiger partial charge in [-0.3, -0.25) is 19.3 Å². The first kappa shape index (κ1) is 22.2. The summed E-state index contributed by atoms with van der Waals surface area (Å²) in [4.78, 5) is 40.0. The van der Waals surface area contributed by atoms with Gasteiger partial charge in [-0.05, 0) is 60.5 Å². The number of ether oxygens (including phenoxy) is 1. The molecule has 30 heavy (non-hydrogen) atoms. The van der Waals surface area contributed by atoms with E-state index in [4.69, 9.17) is 4.74 Å². The van der Waals surface area contributed by atoms with Crippen LogP contribution >= 0.6 is 23.5 Å². The second kappa shape index (κ2) is 10.00. The molecule has 1 aliphatic rings. The average molecular weight is 442 g/mol. The van der Waals surface area contributed by atoms with Crippen LogP contribution in [-0.2, 0) is 14.3 Å². The lowest BCUT2D eigenvalue weighted by atomic mass is 10.2. The molecule has 0 aliphatic carbocycles. The highest BCUT2D eigenvalue weighted by Crippen LogP contribution is 2.33. The lowest BCUT2D eigenvalue weighted by molar-refractivity contribution is -0.147. The van der Waals surface area contributed by atoms with Crippen LogP contribution in [-0.4, -0.2) is 35.2 Å². The van der Waals surface area contributed by atoms with Crippen LogP contribution in [0, 0.1) is 12.8 Å². The molecule has 0 N–H and O–H groups in total. The third-order valence-corrected chi connectivity index (χ3v) is 6.10. The van der Waals surface area contributed by atoms with Gasteiger partial charge in [0.15, 0.2) is 0 Å². The minimum atomic E-state index is -0.579. The van der Waals surface area contributed by atoms with Crippen LogP contribution in [0.15, 0.2) is 63.2 Å². The van der Waals surface area contributed by atoms with Crippen LogP contribution in [0.5, 0.6) is 0 Å². The van der Waals surface area contributed by atoms with E-state index in [9.17, 15) is 14.4 Å². The molecule has 1 fully saturated rings. The number of esters is 1. The lowest BCUT2D eigenvalue weighted by Crippen LogP contribution is -2.34. The molecule has 1 aliphatic heterocycles. The van der Waals surface area contributed by atoms with Crippen molar-refractivity contribution in [3.8, 4) is 0 Å². The van der Waals surface area contributed by atoms with Gasteiger partial charge in [0.25, 0.3) is 11.1 Å². The van der Waals surface area contributed by atoms with Crippen molar-refractivity contribution in [3.05, 3.63) is 64.6 Å². The summed E-state index contributed by atoms with van der Waals surface area (Å²) < 4.78 is 5.07. The van der Waals surface area contributed by atoms with Gasteiger partial charge in [0, 0.05) is 9.79 Å². The maximum Gasteiger partial charge on any atom is 0.326 e. The number of hydrogen-bond acceptors (Lipinski definition) is 6. The molecule has 2 aromatic rings. The van der Waals surface area contributed by atoms with E-state index in [0.717, 1.165) is 32.0 Å². The molecule has 2 amide bonds. The number of nitrogens with zero attached hydrogens (tertiary/aromatic N) is 1. The fourth-order valence-electron chi connectivity index (χ4n) is 2.60. The molecular weight excluding hydrogens is 418 g/mol. The number of imide groups is 1. The van der Waals surface area contributed by atoms with Crippen molar-refractivity contribution in [2.45, 2.75) is 30.6 Å². The molecule has 0 atom stereocenters. The number of hydrogen-bond donors (Lipinski definition) is 0. The fraction of sp³-hybridized carbons (Fsp3) is 0.261. The van der Waals surface area contributed by atoms with E-state index in [1.807, 2.05) is 38.1 Å². The van der Waals surface area contributed by atoms with Crippen molar-refractivity contribution < 1.29 is 19.1 Å². The molecule has 156 valence electrons. The van der Waals surface area contributed by atoms with Crippen LogP contribution < -0.4 is 0 Å². The Bertz CT molecular complexity index is 966. The molecule has 0 spiro atoms. The van der Waals surface area contributed by atoms with Crippen molar-refractivity contribution in [2.75, 3.05) is 13.2 Å². The Morgan fingerprint density at radius 3 is 2.27 bits per heavy atom. The first-order valence-corrected chi connectivity index (χ1v) is 11.2. The summed E-state index contributed by atoms with van der Waals surface area (Å²) in [5.74, 6) is -0.856. The van der Waals surface area contributed by atoms with E-state index >= 15 is 0 Å². The topological polar surface area (TPSA) is 63.7 Å². The zero-order valence-electron chi connectivity index (χ0n) is 17.1. The predicted octanol–water partition coefficient (Wildman–Crippen LogP) is 5.38. The van der Waals surface area contributed by atoms with Crippen molar-refractivity contribution in [1.29, 1.82) is 0 Å². The molecule has 0 unspecified atom stereocenters. The Hall–Kier alpha value is -2.51. The van der Waals surface area contributed by atoms with Gasteiger partial charge in [-0.25, -0.2) is 0 Å². The average Bonchev–Trinajstić information content (AvgIpc) is 2.97. The molecule has 2 aromatic carbocycles. The van der Waals surface area contributed by atoms with Gasteiger partial charge in [0.1, 0.15) is 6.54 Å². The second-order valence-electron chi connectivity index (χ2n) is 7.33. The Morgan fingerprint density at radius 2 is 1.67 bits per heavy atom. The van der Waals surface area contributed by atoms with Gasteiger partial charge in [-0.2, -0.15) is 0 Å². The van der Waals surface area contributed by atoms with Crippen LogP contribution in [0.25, 0.3) is 6.08 Å². The van der Waals surface area contributed by atoms with Gasteiger partial charge in [0.05, 0.1) is 11.5 Å².